The highest BCUT2D eigenvalue weighted by Gasteiger charge is 2.62. The van der Waals surface area contributed by atoms with Crippen molar-refractivity contribution in [3.63, 3.8) is 0 Å². The summed E-state index contributed by atoms with van der Waals surface area (Å²) in [6, 6.07) is 13.2. The van der Waals surface area contributed by atoms with Gasteiger partial charge >= 0.3 is 11.9 Å². The van der Waals surface area contributed by atoms with Crippen molar-refractivity contribution >= 4 is 33.7 Å². The van der Waals surface area contributed by atoms with Crippen LogP contribution in [0.25, 0.3) is 21.8 Å². The van der Waals surface area contributed by atoms with Crippen molar-refractivity contribution in [3.05, 3.63) is 76.1 Å². The van der Waals surface area contributed by atoms with Crippen LogP contribution in [0.15, 0.2) is 48.0 Å². The summed E-state index contributed by atoms with van der Waals surface area (Å²) < 4.78 is 17.6. The predicted octanol–water partition coefficient (Wildman–Crippen LogP) is 6.49. The quantitative estimate of drug-likeness (QED) is 0.181. The molecule has 4 aliphatic heterocycles. The Hall–Kier alpha value is -4.08. The van der Waals surface area contributed by atoms with Gasteiger partial charge in [-0.25, -0.2) is 0 Å². The Morgan fingerprint density at radius 1 is 1.02 bits per heavy atom. The summed E-state index contributed by atoms with van der Waals surface area (Å²) in [5.41, 5.74) is 8.48. The first kappa shape index (κ1) is 33.7. The van der Waals surface area contributed by atoms with E-state index in [0.717, 1.165) is 85.2 Å². The van der Waals surface area contributed by atoms with Crippen molar-refractivity contribution in [2.24, 2.45) is 23.7 Å². The number of allylic oxidation sites excluding steroid dienone is 1. The van der Waals surface area contributed by atoms with Crippen LogP contribution in [-0.2, 0) is 37.3 Å². The molecule has 2 aromatic heterocycles. The van der Waals surface area contributed by atoms with Crippen LogP contribution in [0.1, 0.15) is 73.5 Å². The van der Waals surface area contributed by atoms with Crippen LogP contribution >= 0.6 is 0 Å². The molecule has 2 N–H and O–H groups in total. The second-order valence-electron chi connectivity index (χ2n) is 16.3. The van der Waals surface area contributed by atoms with E-state index < -0.39 is 5.41 Å². The smallest absolute Gasteiger partial charge is 0.319 e. The average Bonchev–Trinajstić information content (AvgIpc) is 3.69. The molecular formula is C43H52N4O5. The van der Waals surface area contributed by atoms with Crippen molar-refractivity contribution in [1.82, 2.24) is 19.8 Å². The summed E-state index contributed by atoms with van der Waals surface area (Å²) in [5, 5.41) is 2.32. The molecule has 4 aromatic rings. The Morgan fingerprint density at radius 3 is 2.60 bits per heavy atom. The number of esters is 2. The van der Waals surface area contributed by atoms with Gasteiger partial charge in [0.1, 0.15) is 11.2 Å². The molecule has 6 heterocycles. The van der Waals surface area contributed by atoms with E-state index in [9.17, 15) is 9.59 Å². The van der Waals surface area contributed by atoms with E-state index in [2.05, 4.69) is 83.1 Å². The third kappa shape index (κ3) is 4.67. The third-order valence-electron chi connectivity index (χ3n) is 14.1. The van der Waals surface area contributed by atoms with Gasteiger partial charge in [0, 0.05) is 76.4 Å². The van der Waals surface area contributed by atoms with Gasteiger partial charge in [-0.05, 0) is 93.2 Å². The molecule has 9 atom stereocenters. The van der Waals surface area contributed by atoms with Crippen molar-refractivity contribution in [2.75, 3.05) is 48.0 Å². The number of ether oxygens (including phenoxy) is 3. The second-order valence-corrected chi connectivity index (χ2v) is 16.3. The highest BCUT2D eigenvalue weighted by Crippen LogP contribution is 2.56. The maximum atomic E-state index is 14.2. The number of piperidine rings is 3. The number of aromatic nitrogens is 2. The molecule has 9 nitrogen and oxygen atoms in total. The molecular weight excluding hydrogens is 652 g/mol. The normalized spacial score (nSPS) is 33.2. The van der Waals surface area contributed by atoms with Crippen LogP contribution in [0.2, 0.25) is 0 Å². The lowest BCUT2D eigenvalue weighted by atomic mass is 9.56. The maximum Gasteiger partial charge on any atom is 0.319 e. The van der Waals surface area contributed by atoms with E-state index >= 15 is 0 Å². The van der Waals surface area contributed by atoms with E-state index in [1.165, 1.54) is 41.3 Å². The van der Waals surface area contributed by atoms with Crippen LogP contribution in [0.4, 0.5) is 0 Å². The lowest BCUT2D eigenvalue weighted by Gasteiger charge is -2.57. The van der Waals surface area contributed by atoms with Gasteiger partial charge in [-0.1, -0.05) is 43.2 Å². The van der Waals surface area contributed by atoms with Gasteiger partial charge in [-0.15, -0.1) is 0 Å². The van der Waals surface area contributed by atoms with Crippen molar-refractivity contribution in [3.8, 4) is 5.75 Å². The summed E-state index contributed by atoms with van der Waals surface area (Å²) in [6.45, 7) is 7.17. The number of hydrogen-bond acceptors (Lipinski definition) is 7. The molecule has 6 aliphatic rings. The predicted molar refractivity (Wildman–Crippen MR) is 202 cm³/mol. The molecule has 2 aliphatic carbocycles. The molecule has 10 rings (SSSR count). The Balaban J connectivity index is 1.27. The lowest BCUT2D eigenvalue weighted by molar-refractivity contribution is -0.162. The minimum absolute atomic E-state index is 0.00122. The number of fused-ring (bicyclic) bond motifs is 9. The van der Waals surface area contributed by atoms with Crippen LogP contribution in [0.3, 0.4) is 0 Å². The molecule has 0 radical (unpaired) electrons. The first-order valence-electron chi connectivity index (χ1n) is 19.3. The molecule has 274 valence electrons. The summed E-state index contributed by atoms with van der Waals surface area (Å²) in [7, 11) is 6.99. The molecule has 0 spiro atoms. The number of hydrogen-bond donors (Lipinski definition) is 2. The van der Waals surface area contributed by atoms with Gasteiger partial charge in [0.2, 0.25) is 0 Å². The number of methoxy groups -OCH3 is 3. The van der Waals surface area contributed by atoms with Crippen LogP contribution in [-0.4, -0.2) is 91.8 Å². The van der Waals surface area contributed by atoms with Crippen LogP contribution in [0.5, 0.6) is 5.75 Å². The molecule has 2 unspecified atom stereocenters. The summed E-state index contributed by atoms with van der Waals surface area (Å²) in [6.07, 6.45) is 7.59. The Kier molecular flexibility index (Phi) is 8.12. The van der Waals surface area contributed by atoms with Crippen molar-refractivity contribution in [2.45, 2.75) is 75.8 Å². The van der Waals surface area contributed by atoms with Crippen molar-refractivity contribution < 1.29 is 23.8 Å². The minimum Gasteiger partial charge on any atom is -0.496 e. The number of nitrogens with zero attached hydrogens (tertiary/aromatic N) is 2. The molecule has 0 amide bonds. The van der Waals surface area contributed by atoms with E-state index in [1.807, 2.05) is 0 Å². The fraction of sp³-hybridized carbons (Fsp3) is 0.535. The zero-order chi connectivity index (χ0) is 36.1. The average molecular weight is 705 g/mol. The minimum atomic E-state index is -0.725. The second kappa shape index (κ2) is 12.5. The highest BCUT2D eigenvalue weighted by molar-refractivity contribution is 5.93. The van der Waals surface area contributed by atoms with Gasteiger partial charge in [-0.3, -0.25) is 19.4 Å². The van der Waals surface area contributed by atoms with Gasteiger partial charge in [0.25, 0.3) is 0 Å². The Morgan fingerprint density at radius 2 is 1.85 bits per heavy atom. The highest BCUT2D eigenvalue weighted by atomic mass is 16.5. The number of H-pyrrole nitrogens is 2. The molecule has 4 fully saturated rings. The van der Waals surface area contributed by atoms with E-state index in [4.69, 9.17) is 14.2 Å². The summed E-state index contributed by atoms with van der Waals surface area (Å²) in [5.74, 6) is 1.11. The maximum absolute atomic E-state index is 14.2. The number of rotatable bonds is 5. The van der Waals surface area contributed by atoms with Gasteiger partial charge < -0.3 is 24.2 Å². The monoisotopic (exact) mass is 704 g/mol. The Bertz CT molecular complexity index is 2110. The third-order valence-corrected chi connectivity index (χ3v) is 14.1. The number of nitrogens with one attached hydrogen (secondary N) is 2. The number of benzene rings is 2. The van der Waals surface area contributed by atoms with Crippen LogP contribution < -0.4 is 4.74 Å². The number of carbonyl (C=O) groups excluding carboxylic acids is 2. The first-order chi connectivity index (χ1) is 25.3. The zero-order valence-corrected chi connectivity index (χ0v) is 31.4. The number of likely N-dealkylation sites (tertiary alicyclic amines) is 1. The molecule has 1 saturated carbocycles. The van der Waals surface area contributed by atoms with Crippen molar-refractivity contribution in [1.29, 1.82) is 0 Å². The van der Waals surface area contributed by atoms with Gasteiger partial charge in [0.15, 0.2) is 0 Å². The van der Waals surface area contributed by atoms with Gasteiger partial charge in [-0.2, -0.15) is 0 Å². The molecule has 3 saturated heterocycles. The molecule has 6 bridgehead atoms. The lowest BCUT2D eigenvalue weighted by Crippen LogP contribution is -2.67. The Labute approximate surface area is 306 Å². The standard InChI is InChI=1S/C43H52N4O5/c1-7-24-15-23-20-43(42(49)52-6)39-27(13-14-47(21-23)40(24)43)29-19-36(50-4)30(17-34(29)45-39)31-16-28-25(8-2)22-46(3)35(37(28)41(48)51-5)18-32-26-11-9-10-12-33(26)44-38(31)32/h8-12,17,19,23-24,28,31,35,37,40,44-45H,7,13-16,18,20-22H2,1-6H3/b25-8-/t23-,24+,28-,31-,35-,37?,40+,43-/m1/s1. The van der Waals surface area contributed by atoms with Crippen LogP contribution in [0, 0.1) is 23.7 Å². The van der Waals surface area contributed by atoms with E-state index in [-0.39, 0.29) is 41.8 Å². The number of carbonyl (C=O) groups is 2. The molecule has 9 heteroatoms. The fourth-order valence-electron chi connectivity index (χ4n) is 12.1. The number of para-hydroxylation sites is 1. The molecule has 52 heavy (non-hydrogen) atoms. The fourth-order valence-corrected chi connectivity index (χ4v) is 12.1. The zero-order valence-electron chi connectivity index (χ0n) is 31.4. The number of likely N-dealkylation sites (N-methyl/N-ethyl adjacent to an activating group) is 1. The van der Waals surface area contributed by atoms with E-state index in [0.29, 0.717) is 11.8 Å². The molecule has 2 aromatic carbocycles. The van der Waals surface area contributed by atoms with E-state index in [1.54, 1.807) is 14.2 Å². The SMILES string of the molecule is C/C=C1/CN(C)[C@@H]2Cc3c([nH]c4ccccc34)[C@@H](c3cc4[nH]c5c(c4cc3OC)CCN3C[C@@H]4C[C@H](CC)[C@H]3[C@@]5(C(=O)OC)C4)C[C@H]1C2C(=O)OC. The topological polar surface area (TPSA) is 99.9 Å². The summed E-state index contributed by atoms with van der Waals surface area (Å²) in [4.78, 5) is 40.8. The first-order valence-corrected chi connectivity index (χ1v) is 19.3. The number of aromatic amines is 2. The largest absolute Gasteiger partial charge is 0.496 e. The van der Waals surface area contributed by atoms with Gasteiger partial charge in [0.05, 0.1) is 27.2 Å². The summed E-state index contributed by atoms with van der Waals surface area (Å²) >= 11 is 0.